The zero-order chi connectivity index (χ0) is 14.3. The summed E-state index contributed by atoms with van der Waals surface area (Å²) in [4.78, 5) is 0. The van der Waals surface area contributed by atoms with Crippen LogP contribution in [0.25, 0.3) is 0 Å². The number of hydrogen-bond donors (Lipinski definition) is 0. The molecule has 0 radical (unpaired) electrons. The number of hydrogen-bond acceptors (Lipinski definition) is 4. The van der Waals surface area contributed by atoms with Gasteiger partial charge in [-0.15, -0.1) is 24.4 Å². The van der Waals surface area contributed by atoms with Crippen molar-refractivity contribution < 1.29 is 47.6 Å². The fourth-order valence-corrected chi connectivity index (χ4v) is 0. The van der Waals surface area contributed by atoms with Gasteiger partial charge in [0.15, 0.2) is 0 Å². The maximum atomic E-state index is 9.53. The first-order valence-electron chi connectivity index (χ1n) is 5.56. The summed E-state index contributed by atoms with van der Waals surface area (Å²) in [6.45, 7) is 12.9. The third-order valence-electron chi connectivity index (χ3n) is 0. The first-order chi connectivity index (χ1) is 6.93. The SMILES string of the molecule is CC(C)[O-].CC(C)[O-].CC(C)[O-].CC(C)[O-].O.[Ti+4]. The quantitative estimate of drug-likeness (QED) is 0.489. The first-order valence-corrected chi connectivity index (χ1v) is 5.56. The zero-order valence-corrected chi connectivity index (χ0v) is 14.5. The molecule has 0 spiro atoms. The summed E-state index contributed by atoms with van der Waals surface area (Å²) in [6.07, 6.45) is -1.67. The Morgan fingerprint density at radius 1 is 0.444 bits per heavy atom. The van der Waals surface area contributed by atoms with Crippen molar-refractivity contribution >= 4 is 0 Å². The molecule has 0 aromatic rings. The molecule has 0 aromatic carbocycles. The van der Waals surface area contributed by atoms with Gasteiger partial charge in [-0.2, -0.15) is 0 Å². The second-order valence-electron chi connectivity index (χ2n) is 4.20. The third-order valence-corrected chi connectivity index (χ3v) is 0. The van der Waals surface area contributed by atoms with E-state index in [1.807, 2.05) is 0 Å². The van der Waals surface area contributed by atoms with E-state index in [2.05, 4.69) is 0 Å². The summed E-state index contributed by atoms with van der Waals surface area (Å²) in [5, 5.41) is 38.1. The van der Waals surface area contributed by atoms with Gasteiger partial charge in [-0.1, -0.05) is 55.4 Å². The van der Waals surface area contributed by atoms with Crippen LogP contribution in [-0.4, -0.2) is 29.9 Å². The summed E-state index contributed by atoms with van der Waals surface area (Å²) in [7, 11) is 0. The minimum Gasteiger partial charge on any atom is -0.852 e. The van der Waals surface area contributed by atoms with Crippen molar-refractivity contribution in [2.75, 3.05) is 0 Å². The molecule has 0 atom stereocenters. The first kappa shape index (κ1) is 36.3. The van der Waals surface area contributed by atoms with E-state index < -0.39 is 24.4 Å². The molecule has 0 amide bonds. The molecule has 5 nitrogen and oxygen atoms in total. The van der Waals surface area contributed by atoms with Crippen molar-refractivity contribution in [3.63, 3.8) is 0 Å². The molecule has 0 aliphatic carbocycles. The minimum absolute atomic E-state index is 0. The van der Waals surface area contributed by atoms with Gasteiger partial charge < -0.3 is 25.9 Å². The van der Waals surface area contributed by atoms with Crippen LogP contribution in [-0.2, 0) is 21.7 Å². The van der Waals surface area contributed by atoms with E-state index in [-0.39, 0.29) is 27.2 Å². The fraction of sp³-hybridized carbons (Fsp3) is 1.00. The monoisotopic (exact) mass is 302 g/mol. The Bertz CT molecular complexity index is 63.4. The van der Waals surface area contributed by atoms with Crippen LogP contribution in [0.1, 0.15) is 55.4 Å². The normalized spacial score (nSPS) is 8.00. The second-order valence-corrected chi connectivity index (χ2v) is 4.20. The van der Waals surface area contributed by atoms with Gasteiger partial charge >= 0.3 is 21.7 Å². The summed E-state index contributed by atoms with van der Waals surface area (Å²) >= 11 is 0. The largest absolute Gasteiger partial charge is 4.00 e. The van der Waals surface area contributed by atoms with E-state index in [1.54, 1.807) is 55.4 Å². The maximum Gasteiger partial charge on any atom is 4.00 e. The van der Waals surface area contributed by atoms with E-state index >= 15 is 0 Å². The van der Waals surface area contributed by atoms with Gasteiger partial charge in [-0.05, 0) is 0 Å². The Morgan fingerprint density at radius 3 is 0.444 bits per heavy atom. The van der Waals surface area contributed by atoms with E-state index in [0.717, 1.165) is 0 Å². The van der Waals surface area contributed by atoms with Gasteiger partial charge in [0.05, 0.1) is 0 Å². The molecule has 0 aliphatic rings. The third kappa shape index (κ3) is 15000. The second kappa shape index (κ2) is 30.5. The van der Waals surface area contributed by atoms with Crippen molar-refractivity contribution in [2.24, 2.45) is 0 Å². The summed E-state index contributed by atoms with van der Waals surface area (Å²) in [5.74, 6) is 0. The maximum absolute atomic E-state index is 9.53. The van der Waals surface area contributed by atoms with Crippen molar-refractivity contribution in [3.8, 4) is 0 Å². The van der Waals surface area contributed by atoms with Gasteiger partial charge in [0.1, 0.15) is 0 Å². The van der Waals surface area contributed by atoms with Gasteiger partial charge in [-0.25, -0.2) is 0 Å². The van der Waals surface area contributed by atoms with Crippen LogP contribution in [0, 0.1) is 0 Å². The summed E-state index contributed by atoms with van der Waals surface area (Å²) in [6, 6.07) is 0. The summed E-state index contributed by atoms with van der Waals surface area (Å²) in [5.41, 5.74) is 0. The van der Waals surface area contributed by atoms with Crippen LogP contribution in [0.5, 0.6) is 0 Å². The molecule has 18 heavy (non-hydrogen) atoms. The fourth-order valence-electron chi connectivity index (χ4n) is 0. The molecule has 0 rings (SSSR count). The molecule has 0 saturated carbocycles. The predicted molar refractivity (Wildman–Crippen MR) is 64.2 cm³/mol. The van der Waals surface area contributed by atoms with E-state index in [0.29, 0.717) is 0 Å². The average molecular weight is 302 g/mol. The Balaban J connectivity index is -0.0000000257. The Hall–Kier alpha value is 0.514. The van der Waals surface area contributed by atoms with E-state index in [1.165, 1.54) is 0 Å². The van der Waals surface area contributed by atoms with Crippen LogP contribution < -0.4 is 20.4 Å². The van der Waals surface area contributed by atoms with Crippen LogP contribution in [0.4, 0.5) is 0 Å². The number of rotatable bonds is 0. The standard InChI is InChI=1S/4C3H7O.H2O.Ti/c4*1-3(2)4;;/h4*3H,1-2H3;1H2;/q4*-1;;+4. The Morgan fingerprint density at radius 2 is 0.444 bits per heavy atom. The van der Waals surface area contributed by atoms with E-state index in [9.17, 15) is 20.4 Å². The molecule has 0 unspecified atom stereocenters. The minimum atomic E-state index is -0.417. The molecular weight excluding hydrogens is 272 g/mol. The topological polar surface area (TPSA) is 124 Å². The van der Waals surface area contributed by atoms with Gasteiger partial charge in [0.25, 0.3) is 0 Å². The predicted octanol–water partition coefficient (Wildman–Crippen LogP) is -1.81. The van der Waals surface area contributed by atoms with Crippen molar-refractivity contribution in [3.05, 3.63) is 0 Å². The zero-order valence-electron chi connectivity index (χ0n) is 12.9. The van der Waals surface area contributed by atoms with Crippen LogP contribution in [0.15, 0.2) is 0 Å². The van der Waals surface area contributed by atoms with Gasteiger partial charge in [0.2, 0.25) is 0 Å². The van der Waals surface area contributed by atoms with Gasteiger partial charge in [-0.3, -0.25) is 0 Å². The van der Waals surface area contributed by atoms with Crippen molar-refractivity contribution in [1.82, 2.24) is 0 Å². The molecular formula is C12H30O5Ti. The van der Waals surface area contributed by atoms with Crippen LogP contribution in [0.2, 0.25) is 0 Å². The molecule has 6 heteroatoms. The van der Waals surface area contributed by atoms with Crippen LogP contribution in [0.3, 0.4) is 0 Å². The summed E-state index contributed by atoms with van der Waals surface area (Å²) < 4.78 is 0. The molecule has 112 valence electrons. The Kier molecular flexibility index (Phi) is 61.4. The Labute approximate surface area is 127 Å². The average Bonchev–Trinajstić information content (AvgIpc) is 1.76. The molecule has 2 N–H and O–H groups in total. The van der Waals surface area contributed by atoms with Gasteiger partial charge in [0, 0.05) is 0 Å². The van der Waals surface area contributed by atoms with Crippen molar-refractivity contribution in [1.29, 1.82) is 0 Å². The van der Waals surface area contributed by atoms with E-state index in [4.69, 9.17) is 0 Å². The molecule has 0 aromatic heterocycles. The molecule has 0 aliphatic heterocycles. The molecule has 0 bridgehead atoms. The molecule has 0 fully saturated rings. The van der Waals surface area contributed by atoms with Crippen molar-refractivity contribution in [2.45, 2.75) is 79.8 Å². The molecule has 0 saturated heterocycles. The van der Waals surface area contributed by atoms with Crippen LogP contribution >= 0.6 is 0 Å². The molecule has 0 heterocycles. The smallest absolute Gasteiger partial charge is 0.852 e.